The molecule has 7 heteroatoms. The lowest BCUT2D eigenvalue weighted by Crippen LogP contribution is -2.46. The highest BCUT2D eigenvalue weighted by molar-refractivity contribution is 6.30. The molecule has 1 N–H and O–H groups in total. The first-order chi connectivity index (χ1) is 13.0. The number of carbonyl (C=O) groups excluding carboxylic acids is 1. The normalized spacial score (nSPS) is 20.4. The van der Waals surface area contributed by atoms with Gasteiger partial charge in [0.2, 0.25) is 5.91 Å². The van der Waals surface area contributed by atoms with E-state index in [4.69, 9.17) is 11.6 Å². The second kappa shape index (κ2) is 7.37. The summed E-state index contributed by atoms with van der Waals surface area (Å²) >= 11 is 6.11. The molecule has 1 fully saturated rings. The van der Waals surface area contributed by atoms with Crippen molar-refractivity contribution >= 4 is 34.7 Å². The molecule has 4 rings (SSSR count). The molecule has 27 heavy (non-hydrogen) atoms. The van der Waals surface area contributed by atoms with Crippen molar-refractivity contribution in [3.8, 4) is 0 Å². The van der Waals surface area contributed by atoms with Gasteiger partial charge in [0.25, 0.3) is 0 Å². The quantitative estimate of drug-likeness (QED) is 0.880. The number of hydrogen-bond acceptors (Lipinski definition) is 5. The lowest BCUT2D eigenvalue weighted by molar-refractivity contribution is -0.117. The molecular formula is C20H24ClN5O. The molecule has 142 valence electrons. The number of halogens is 1. The molecule has 2 aromatic rings. The van der Waals surface area contributed by atoms with E-state index < -0.39 is 0 Å². The Kier molecular flexibility index (Phi) is 4.93. The van der Waals surface area contributed by atoms with Crippen molar-refractivity contribution in [3.05, 3.63) is 47.1 Å². The van der Waals surface area contributed by atoms with Gasteiger partial charge < -0.3 is 15.1 Å². The number of carbonyl (C=O) groups is 1. The fourth-order valence-electron chi connectivity index (χ4n) is 3.65. The maximum Gasteiger partial charge on any atom is 0.246 e. The summed E-state index contributed by atoms with van der Waals surface area (Å²) in [4.78, 5) is 23.3. The Bertz CT molecular complexity index is 850. The van der Waals surface area contributed by atoms with Crippen LogP contribution in [-0.4, -0.2) is 55.1 Å². The van der Waals surface area contributed by atoms with Crippen molar-refractivity contribution in [1.82, 2.24) is 9.88 Å². The highest BCUT2D eigenvalue weighted by atomic mass is 35.5. The number of nitrogens with one attached hydrogen (secondary N) is 1. The van der Waals surface area contributed by atoms with Crippen molar-refractivity contribution in [2.75, 3.05) is 48.3 Å². The van der Waals surface area contributed by atoms with Gasteiger partial charge in [-0.2, -0.15) is 0 Å². The van der Waals surface area contributed by atoms with Crippen molar-refractivity contribution in [2.24, 2.45) is 0 Å². The van der Waals surface area contributed by atoms with E-state index in [1.807, 2.05) is 49.3 Å². The van der Waals surface area contributed by atoms with Gasteiger partial charge in [0, 0.05) is 56.7 Å². The van der Waals surface area contributed by atoms with Crippen LogP contribution in [0, 0.1) is 0 Å². The molecule has 0 bridgehead atoms. The first-order valence-corrected chi connectivity index (χ1v) is 9.64. The standard InChI is InChI=1S/C20H24ClN5O/c1-14-20(27)23-18-10-15(12-22-19(18)24(14)2)13-25-6-8-26(9-7-25)17-5-3-4-16(21)11-17/h3-5,10-12,14H,6-9,13H2,1-2H3,(H,23,27)/t14-/m0/s1. The molecule has 1 saturated heterocycles. The van der Waals surface area contributed by atoms with Gasteiger partial charge in [0.05, 0.1) is 5.69 Å². The van der Waals surface area contributed by atoms with Crippen LogP contribution >= 0.6 is 11.6 Å². The van der Waals surface area contributed by atoms with E-state index >= 15 is 0 Å². The van der Waals surface area contributed by atoms with Gasteiger partial charge in [0.15, 0.2) is 5.82 Å². The van der Waals surface area contributed by atoms with E-state index in [1.54, 1.807) is 0 Å². The minimum atomic E-state index is -0.199. The zero-order chi connectivity index (χ0) is 19.0. The highest BCUT2D eigenvalue weighted by Gasteiger charge is 2.28. The number of pyridine rings is 1. The SMILES string of the molecule is C[C@H]1C(=O)Nc2cc(CN3CCN(c4cccc(Cl)c4)CC3)cnc2N1C. The second-order valence-corrected chi connectivity index (χ2v) is 7.67. The van der Waals surface area contributed by atoms with Crippen LogP contribution in [0.1, 0.15) is 12.5 Å². The first kappa shape index (κ1) is 18.1. The number of piperazine rings is 1. The zero-order valence-electron chi connectivity index (χ0n) is 15.7. The Morgan fingerprint density at radius 1 is 1.22 bits per heavy atom. The zero-order valence-corrected chi connectivity index (χ0v) is 16.4. The number of likely N-dealkylation sites (N-methyl/N-ethyl adjacent to an activating group) is 1. The number of hydrogen-bond donors (Lipinski definition) is 1. The van der Waals surface area contributed by atoms with E-state index in [2.05, 4.69) is 26.2 Å². The largest absolute Gasteiger partial charge is 0.369 e. The summed E-state index contributed by atoms with van der Waals surface area (Å²) in [5.74, 6) is 0.843. The number of benzene rings is 1. The molecule has 1 aromatic heterocycles. The molecule has 2 aliphatic rings. The molecule has 6 nitrogen and oxygen atoms in total. The van der Waals surface area contributed by atoms with Crippen molar-refractivity contribution in [1.29, 1.82) is 0 Å². The van der Waals surface area contributed by atoms with Gasteiger partial charge in [-0.15, -0.1) is 0 Å². The average molecular weight is 386 g/mol. The summed E-state index contributed by atoms with van der Waals surface area (Å²) in [6.45, 7) is 6.61. The number of rotatable bonds is 3. The van der Waals surface area contributed by atoms with Crippen molar-refractivity contribution in [2.45, 2.75) is 19.5 Å². The van der Waals surface area contributed by atoms with E-state index in [1.165, 1.54) is 5.69 Å². The molecule has 3 heterocycles. The lowest BCUT2D eigenvalue weighted by Gasteiger charge is -2.36. The molecular weight excluding hydrogens is 362 g/mol. The van der Waals surface area contributed by atoms with Crippen LogP contribution in [0.15, 0.2) is 36.5 Å². The minimum Gasteiger partial charge on any atom is -0.369 e. The van der Waals surface area contributed by atoms with Crippen LogP contribution in [-0.2, 0) is 11.3 Å². The van der Waals surface area contributed by atoms with Crippen LogP contribution in [0.2, 0.25) is 5.02 Å². The second-order valence-electron chi connectivity index (χ2n) is 7.23. The van der Waals surface area contributed by atoms with E-state index in [9.17, 15) is 4.79 Å². The molecule has 0 spiro atoms. The van der Waals surface area contributed by atoms with E-state index in [-0.39, 0.29) is 11.9 Å². The van der Waals surface area contributed by atoms with E-state index in [0.717, 1.165) is 54.8 Å². The third-order valence-corrected chi connectivity index (χ3v) is 5.66. The predicted octanol–water partition coefficient (Wildman–Crippen LogP) is 2.83. The Hall–Kier alpha value is -2.31. The van der Waals surface area contributed by atoms with Crippen LogP contribution in [0.5, 0.6) is 0 Å². The molecule has 0 saturated carbocycles. The molecule has 1 atom stereocenters. The monoisotopic (exact) mass is 385 g/mol. The molecule has 0 radical (unpaired) electrons. The molecule has 1 aromatic carbocycles. The fraction of sp³-hybridized carbons (Fsp3) is 0.400. The third kappa shape index (κ3) is 3.73. The molecule has 0 aliphatic carbocycles. The van der Waals surface area contributed by atoms with Gasteiger partial charge in [-0.1, -0.05) is 17.7 Å². The van der Waals surface area contributed by atoms with Gasteiger partial charge in [0.1, 0.15) is 6.04 Å². The number of amides is 1. The van der Waals surface area contributed by atoms with Crippen molar-refractivity contribution in [3.63, 3.8) is 0 Å². The third-order valence-electron chi connectivity index (χ3n) is 5.43. The summed E-state index contributed by atoms with van der Waals surface area (Å²) in [7, 11) is 1.91. The topological polar surface area (TPSA) is 51.7 Å². The summed E-state index contributed by atoms with van der Waals surface area (Å²) in [6.07, 6.45) is 1.92. The van der Waals surface area contributed by atoms with Crippen LogP contribution in [0.25, 0.3) is 0 Å². The van der Waals surface area contributed by atoms with Gasteiger partial charge in [-0.05, 0) is 36.8 Å². The summed E-state index contributed by atoms with van der Waals surface area (Å²) in [5, 5.41) is 3.74. The maximum absolute atomic E-state index is 12.1. The number of nitrogens with zero attached hydrogens (tertiary/aromatic N) is 4. The first-order valence-electron chi connectivity index (χ1n) is 9.27. The van der Waals surface area contributed by atoms with Crippen LogP contribution in [0.3, 0.4) is 0 Å². The highest BCUT2D eigenvalue weighted by Crippen LogP contribution is 2.29. The molecule has 2 aliphatic heterocycles. The maximum atomic E-state index is 12.1. The number of aromatic nitrogens is 1. The molecule has 1 amide bonds. The summed E-state index contributed by atoms with van der Waals surface area (Å²) in [5.41, 5.74) is 3.10. The average Bonchev–Trinajstić information content (AvgIpc) is 2.67. The van der Waals surface area contributed by atoms with E-state index in [0.29, 0.717) is 0 Å². The Labute approximate surface area is 164 Å². The molecule has 0 unspecified atom stereocenters. The van der Waals surface area contributed by atoms with Gasteiger partial charge >= 0.3 is 0 Å². The van der Waals surface area contributed by atoms with Crippen LogP contribution < -0.4 is 15.1 Å². The Morgan fingerprint density at radius 2 is 2.00 bits per heavy atom. The minimum absolute atomic E-state index is 0.0130. The number of fused-ring (bicyclic) bond motifs is 1. The van der Waals surface area contributed by atoms with Crippen molar-refractivity contribution < 1.29 is 4.79 Å². The number of anilines is 3. The smallest absolute Gasteiger partial charge is 0.246 e. The van der Waals surface area contributed by atoms with Gasteiger partial charge in [-0.3, -0.25) is 9.69 Å². The van der Waals surface area contributed by atoms with Crippen LogP contribution in [0.4, 0.5) is 17.2 Å². The summed E-state index contributed by atoms with van der Waals surface area (Å²) in [6, 6.07) is 9.87. The lowest BCUT2D eigenvalue weighted by atomic mass is 10.1. The summed E-state index contributed by atoms with van der Waals surface area (Å²) < 4.78 is 0. The fourth-order valence-corrected chi connectivity index (χ4v) is 3.84. The predicted molar refractivity (Wildman–Crippen MR) is 110 cm³/mol. The van der Waals surface area contributed by atoms with Gasteiger partial charge in [-0.25, -0.2) is 4.98 Å². The Balaban J connectivity index is 1.40. The Morgan fingerprint density at radius 3 is 2.74 bits per heavy atom.